The molecule has 0 aliphatic carbocycles. The highest BCUT2D eigenvalue weighted by Crippen LogP contribution is 2.27. The monoisotopic (exact) mass is 302 g/mol. The van der Waals surface area contributed by atoms with Gasteiger partial charge in [-0.25, -0.2) is 0 Å². The standard InChI is InChI=1S/C17H19ClN2O/c18-15-3-1-2-13(11-15)16(20-19)6-4-12-5-7-17-14(10-12)8-9-21-17/h1-3,5,7,10-11,16,20H,4,6,8-9,19H2. The van der Waals surface area contributed by atoms with Gasteiger partial charge in [-0.05, 0) is 47.7 Å². The maximum Gasteiger partial charge on any atom is 0.122 e. The van der Waals surface area contributed by atoms with Crippen molar-refractivity contribution in [1.29, 1.82) is 0 Å². The number of fused-ring (bicyclic) bond motifs is 1. The first-order chi connectivity index (χ1) is 10.3. The Morgan fingerprint density at radius 2 is 2.14 bits per heavy atom. The molecule has 0 saturated heterocycles. The zero-order valence-corrected chi connectivity index (χ0v) is 12.6. The molecule has 4 heteroatoms. The SMILES string of the molecule is NNC(CCc1ccc2c(c1)CCO2)c1cccc(Cl)c1. The summed E-state index contributed by atoms with van der Waals surface area (Å²) in [6.07, 6.45) is 2.90. The molecule has 110 valence electrons. The normalized spacial score (nSPS) is 14.6. The third-order valence-electron chi connectivity index (χ3n) is 3.93. The van der Waals surface area contributed by atoms with E-state index in [9.17, 15) is 0 Å². The Morgan fingerprint density at radius 1 is 1.24 bits per heavy atom. The van der Waals surface area contributed by atoms with Crippen LogP contribution in [0.4, 0.5) is 0 Å². The van der Waals surface area contributed by atoms with Crippen molar-refractivity contribution in [2.24, 2.45) is 5.84 Å². The fourth-order valence-corrected chi connectivity index (χ4v) is 2.97. The number of benzene rings is 2. The van der Waals surface area contributed by atoms with E-state index in [4.69, 9.17) is 22.2 Å². The Morgan fingerprint density at radius 3 is 2.95 bits per heavy atom. The van der Waals surface area contributed by atoms with Gasteiger partial charge in [0.1, 0.15) is 5.75 Å². The lowest BCUT2D eigenvalue weighted by Crippen LogP contribution is -2.28. The fraction of sp³-hybridized carbons (Fsp3) is 0.294. The van der Waals surface area contributed by atoms with Crippen LogP contribution >= 0.6 is 11.6 Å². The van der Waals surface area contributed by atoms with Gasteiger partial charge in [-0.2, -0.15) is 0 Å². The van der Waals surface area contributed by atoms with Crippen LogP contribution in [0.2, 0.25) is 5.02 Å². The third kappa shape index (κ3) is 3.38. The minimum atomic E-state index is 0.105. The Kier molecular flexibility index (Phi) is 4.44. The zero-order valence-electron chi connectivity index (χ0n) is 11.8. The molecule has 0 saturated carbocycles. The average molecular weight is 303 g/mol. The summed E-state index contributed by atoms with van der Waals surface area (Å²) in [6, 6.07) is 14.4. The van der Waals surface area contributed by atoms with Crippen LogP contribution in [0.15, 0.2) is 42.5 Å². The van der Waals surface area contributed by atoms with Crippen LogP contribution in [-0.2, 0) is 12.8 Å². The molecule has 21 heavy (non-hydrogen) atoms. The number of aryl methyl sites for hydroxylation is 1. The van der Waals surface area contributed by atoms with E-state index in [1.54, 1.807) is 0 Å². The van der Waals surface area contributed by atoms with E-state index in [0.29, 0.717) is 0 Å². The molecule has 1 aliphatic rings. The first kappa shape index (κ1) is 14.4. The number of ether oxygens (including phenoxy) is 1. The van der Waals surface area contributed by atoms with Crippen LogP contribution in [0.5, 0.6) is 5.75 Å². The van der Waals surface area contributed by atoms with Gasteiger partial charge in [0.2, 0.25) is 0 Å². The number of hydrogen-bond acceptors (Lipinski definition) is 3. The molecule has 1 aliphatic heterocycles. The zero-order chi connectivity index (χ0) is 14.7. The van der Waals surface area contributed by atoms with Gasteiger partial charge in [0.25, 0.3) is 0 Å². The molecule has 3 rings (SSSR count). The average Bonchev–Trinajstić information content (AvgIpc) is 2.95. The van der Waals surface area contributed by atoms with Gasteiger partial charge >= 0.3 is 0 Å². The molecule has 2 aromatic carbocycles. The second-order valence-corrected chi connectivity index (χ2v) is 5.79. The van der Waals surface area contributed by atoms with E-state index in [1.807, 2.05) is 24.3 Å². The van der Waals surface area contributed by atoms with Crippen LogP contribution in [0.25, 0.3) is 0 Å². The Balaban J connectivity index is 1.68. The number of hydrogen-bond donors (Lipinski definition) is 2. The van der Waals surface area contributed by atoms with Crippen molar-refractivity contribution >= 4 is 11.6 Å². The van der Waals surface area contributed by atoms with Crippen LogP contribution in [0, 0.1) is 0 Å². The van der Waals surface area contributed by atoms with Crippen LogP contribution < -0.4 is 16.0 Å². The molecule has 3 N–H and O–H groups in total. The molecule has 3 nitrogen and oxygen atoms in total. The molecule has 1 unspecified atom stereocenters. The van der Waals surface area contributed by atoms with Gasteiger partial charge in [0, 0.05) is 17.5 Å². The minimum absolute atomic E-state index is 0.105. The van der Waals surface area contributed by atoms with Crippen LogP contribution in [0.3, 0.4) is 0 Å². The van der Waals surface area contributed by atoms with Crippen LogP contribution in [-0.4, -0.2) is 6.61 Å². The third-order valence-corrected chi connectivity index (χ3v) is 4.16. The fourth-order valence-electron chi connectivity index (χ4n) is 2.78. The molecule has 0 aromatic heterocycles. The predicted molar refractivity (Wildman–Crippen MR) is 85.5 cm³/mol. The highest BCUT2D eigenvalue weighted by atomic mass is 35.5. The molecule has 0 amide bonds. The van der Waals surface area contributed by atoms with Crippen molar-refractivity contribution in [1.82, 2.24) is 5.43 Å². The van der Waals surface area contributed by atoms with E-state index in [-0.39, 0.29) is 6.04 Å². The molecule has 0 bridgehead atoms. The number of nitrogens with two attached hydrogens (primary N) is 1. The number of rotatable bonds is 5. The lowest BCUT2D eigenvalue weighted by molar-refractivity contribution is 0.357. The summed E-state index contributed by atoms with van der Waals surface area (Å²) in [7, 11) is 0. The summed E-state index contributed by atoms with van der Waals surface area (Å²) in [5.74, 6) is 6.73. The van der Waals surface area contributed by atoms with Crippen molar-refractivity contribution in [3.8, 4) is 5.75 Å². The van der Waals surface area contributed by atoms with Crippen molar-refractivity contribution in [2.45, 2.75) is 25.3 Å². The molecular weight excluding hydrogens is 284 g/mol. The van der Waals surface area contributed by atoms with E-state index in [0.717, 1.165) is 42.2 Å². The van der Waals surface area contributed by atoms with Crippen molar-refractivity contribution in [3.63, 3.8) is 0 Å². The van der Waals surface area contributed by atoms with Gasteiger partial charge in [0.15, 0.2) is 0 Å². The summed E-state index contributed by atoms with van der Waals surface area (Å²) in [6.45, 7) is 0.800. The number of nitrogens with one attached hydrogen (secondary N) is 1. The second kappa shape index (κ2) is 6.48. The summed E-state index contributed by atoms with van der Waals surface area (Å²) >= 11 is 6.04. The number of hydrazine groups is 1. The van der Waals surface area contributed by atoms with Gasteiger partial charge in [0.05, 0.1) is 6.61 Å². The molecule has 0 fully saturated rings. The summed E-state index contributed by atoms with van der Waals surface area (Å²) in [5, 5.41) is 0.738. The molecular formula is C17H19ClN2O. The van der Waals surface area contributed by atoms with Crippen LogP contribution in [0.1, 0.15) is 29.2 Å². The van der Waals surface area contributed by atoms with Gasteiger partial charge < -0.3 is 4.74 Å². The maximum absolute atomic E-state index is 6.04. The summed E-state index contributed by atoms with van der Waals surface area (Å²) in [4.78, 5) is 0. The first-order valence-corrected chi connectivity index (χ1v) is 7.60. The van der Waals surface area contributed by atoms with E-state index in [1.165, 1.54) is 11.1 Å². The van der Waals surface area contributed by atoms with Crippen molar-refractivity contribution in [2.75, 3.05) is 6.61 Å². The van der Waals surface area contributed by atoms with Crippen molar-refractivity contribution < 1.29 is 4.74 Å². The molecule has 1 atom stereocenters. The largest absolute Gasteiger partial charge is 0.493 e. The highest BCUT2D eigenvalue weighted by Gasteiger charge is 2.14. The lowest BCUT2D eigenvalue weighted by Gasteiger charge is -2.16. The Hall–Kier alpha value is -1.55. The molecule has 0 spiro atoms. The van der Waals surface area contributed by atoms with E-state index >= 15 is 0 Å². The second-order valence-electron chi connectivity index (χ2n) is 5.35. The first-order valence-electron chi connectivity index (χ1n) is 7.22. The van der Waals surface area contributed by atoms with E-state index in [2.05, 4.69) is 23.6 Å². The van der Waals surface area contributed by atoms with E-state index < -0.39 is 0 Å². The minimum Gasteiger partial charge on any atom is -0.493 e. The van der Waals surface area contributed by atoms with Gasteiger partial charge in [-0.1, -0.05) is 35.9 Å². The highest BCUT2D eigenvalue weighted by molar-refractivity contribution is 6.30. The summed E-state index contributed by atoms with van der Waals surface area (Å²) < 4.78 is 5.54. The van der Waals surface area contributed by atoms with Gasteiger partial charge in [-0.15, -0.1) is 0 Å². The smallest absolute Gasteiger partial charge is 0.122 e. The van der Waals surface area contributed by atoms with Gasteiger partial charge in [-0.3, -0.25) is 11.3 Å². The van der Waals surface area contributed by atoms with Crippen molar-refractivity contribution in [3.05, 3.63) is 64.2 Å². The lowest BCUT2D eigenvalue weighted by atomic mass is 9.98. The Labute approximate surface area is 130 Å². The topological polar surface area (TPSA) is 47.3 Å². The quantitative estimate of drug-likeness (QED) is 0.657. The molecule has 0 radical (unpaired) electrons. The molecule has 2 aromatic rings. The summed E-state index contributed by atoms with van der Waals surface area (Å²) in [5.41, 5.74) is 6.64. The predicted octanol–water partition coefficient (Wildman–Crippen LogP) is 3.41. The molecule has 1 heterocycles. The Bertz CT molecular complexity index is 630. The maximum atomic E-state index is 6.04. The number of halogens is 1.